The Morgan fingerprint density at radius 1 is 1.58 bits per heavy atom. The number of hydrazone groups is 1. The number of amides is 2. The highest BCUT2D eigenvalue weighted by Crippen LogP contribution is 2.15. The lowest BCUT2D eigenvalue weighted by molar-refractivity contribution is -0.485. The molecule has 100 valence electrons. The van der Waals surface area contributed by atoms with Gasteiger partial charge in [-0.05, 0) is 18.2 Å². The maximum absolute atomic E-state index is 11.9. The number of rotatable bonds is 2. The first kappa shape index (κ1) is 13.1. The summed E-state index contributed by atoms with van der Waals surface area (Å²) in [6, 6.07) is 6.10. The minimum Gasteiger partial charge on any atom is -0.349 e. The fourth-order valence-electron chi connectivity index (χ4n) is 1.60. The minimum absolute atomic E-state index is 0.0791. The molecule has 0 unspecified atom stereocenters. The van der Waals surface area contributed by atoms with Crippen LogP contribution in [0.4, 0.5) is 10.5 Å². The standard InChI is InChI=1S/C10H10ClN5O3/c11-7-2-1-3-8(6-7)13-10(17)15-5-4-12-9(15)14-16(18)19/h1-3,6H,4-5H2,(H,12,14)(H,13,17). The number of urea groups is 1. The molecule has 2 amide bonds. The first-order valence-corrected chi connectivity index (χ1v) is 5.75. The molecule has 0 aliphatic carbocycles. The summed E-state index contributed by atoms with van der Waals surface area (Å²) in [5.74, 6) is -0.0791. The molecule has 1 saturated heterocycles. The Morgan fingerprint density at radius 2 is 2.37 bits per heavy atom. The molecule has 0 bridgehead atoms. The Balaban J connectivity index is 2.09. The number of carbonyl (C=O) groups is 1. The Morgan fingerprint density at radius 3 is 3.05 bits per heavy atom. The van der Waals surface area contributed by atoms with Crippen molar-refractivity contribution in [1.82, 2.24) is 10.2 Å². The van der Waals surface area contributed by atoms with Crippen molar-refractivity contribution < 1.29 is 9.83 Å². The van der Waals surface area contributed by atoms with E-state index in [1.807, 2.05) is 0 Å². The van der Waals surface area contributed by atoms with Crippen molar-refractivity contribution in [3.05, 3.63) is 39.4 Å². The second-order valence-corrected chi connectivity index (χ2v) is 4.12. The van der Waals surface area contributed by atoms with Crippen LogP contribution in [-0.2, 0) is 0 Å². The molecule has 1 fully saturated rings. The van der Waals surface area contributed by atoms with Gasteiger partial charge in [-0.2, -0.15) is 0 Å². The van der Waals surface area contributed by atoms with E-state index in [1.165, 1.54) is 0 Å². The molecular formula is C10H10ClN5O3. The summed E-state index contributed by atoms with van der Waals surface area (Å²) in [7, 11) is 0. The highest BCUT2D eigenvalue weighted by Gasteiger charge is 2.27. The zero-order chi connectivity index (χ0) is 13.8. The van der Waals surface area contributed by atoms with E-state index in [9.17, 15) is 14.9 Å². The van der Waals surface area contributed by atoms with Crippen LogP contribution in [0.2, 0.25) is 5.02 Å². The van der Waals surface area contributed by atoms with Gasteiger partial charge in [-0.15, -0.1) is 0 Å². The van der Waals surface area contributed by atoms with Gasteiger partial charge in [-0.1, -0.05) is 17.7 Å². The number of nitrogens with one attached hydrogen (secondary N) is 2. The predicted octanol–water partition coefficient (Wildman–Crippen LogP) is 1.32. The average molecular weight is 284 g/mol. The summed E-state index contributed by atoms with van der Waals surface area (Å²) in [5.41, 5.74) is 0.504. The summed E-state index contributed by atoms with van der Waals surface area (Å²) < 4.78 is 0. The van der Waals surface area contributed by atoms with Crippen molar-refractivity contribution in [3.8, 4) is 0 Å². The quantitative estimate of drug-likeness (QED) is 0.631. The normalized spacial score (nSPS) is 16.3. The number of carbonyl (C=O) groups excluding carboxylic acids is 1. The molecular weight excluding hydrogens is 274 g/mol. The molecule has 0 saturated carbocycles. The van der Waals surface area contributed by atoms with Crippen LogP contribution in [0.5, 0.6) is 0 Å². The summed E-state index contributed by atoms with van der Waals surface area (Å²) in [6.45, 7) is 0.717. The second kappa shape index (κ2) is 5.53. The van der Waals surface area contributed by atoms with E-state index < -0.39 is 11.1 Å². The molecule has 1 aliphatic heterocycles. The van der Waals surface area contributed by atoms with Crippen LogP contribution in [0.15, 0.2) is 29.4 Å². The zero-order valence-corrected chi connectivity index (χ0v) is 10.4. The number of halogens is 1. The van der Waals surface area contributed by atoms with E-state index in [0.29, 0.717) is 23.8 Å². The van der Waals surface area contributed by atoms with E-state index in [1.54, 1.807) is 24.3 Å². The first-order valence-electron chi connectivity index (χ1n) is 5.37. The topological polar surface area (TPSA) is 99.9 Å². The third kappa shape index (κ3) is 3.32. The highest BCUT2D eigenvalue weighted by molar-refractivity contribution is 6.30. The predicted molar refractivity (Wildman–Crippen MR) is 69.6 cm³/mol. The molecule has 2 rings (SSSR count). The molecule has 0 radical (unpaired) electrons. The number of nitrogens with zero attached hydrogens (tertiary/aromatic N) is 3. The van der Waals surface area contributed by atoms with Crippen molar-refractivity contribution in [1.29, 1.82) is 0 Å². The van der Waals surface area contributed by atoms with Gasteiger partial charge in [0.05, 0.1) is 0 Å². The van der Waals surface area contributed by atoms with E-state index >= 15 is 0 Å². The molecule has 0 aromatic heterocycles. The van der Waals surface area contributed by atoms with Crippen molar-refractivity contribution in [2.45, 2.75) is 0 Å². The van der Waals surface area contributed by atoms with Gasteiger partial charge in [0.25, 0.3) is 5.96 Å². The monoisotopic (exact) mass is 283 g/mol. The van der Waals surface area contributed by atoms with Crippen LogP contribution in [0.25, 0.3) is 0 Å². The molecule has 1 aromatic carbocycles. The number of benzene rings is 1. The maximum atomic E-state index is 11.9. The van der Waals surface area contributed by atoms with Crippen LogP contribution in [0, 0.1) is 10.1 Å². The molecule has 0 spiro atoms. The van der Waals surface area contributed by atoms with Gasteiger partial charge < -0.3 is 10.6 Å². The van der Waals surface area contributed by atoms with Gasteiger partial charge in [-0.3, -0.25) is 4.90 Å². The summed E-state index contributed by atoms with van der Waals surface area (Å²) in [6.07, 6.45) is 0. The molecule has 8 nitrogen and oxygen atoms in total. The third-order valence-electron chi connectivity index (χ3n) is 2.37. The van der Waals surface area contributed by atoms with Gasteiger partial charge in [-0.25, -0.2) is 14.9 Å². The third-order valence-corrected chi connectivity index (χ3v) is 2.61. The van der Waals surface area contributed by atoms with E-state index in [4.69, 9.17) is 11.6 Å². The van der Waals surface area contributed by atoms with Gasteiger partial charge in [0.15, 0.2) is 5.03 Å². The number of guanidine groups is 1. The zero-order valence-electron chi connectivity index (χ0n) is 9.67. The number of anilines is 1. The van der Waals surface area contributed by atoms with Crippen LogP contribution in [0.3, 0.4) is 0 Å². The van der Waals surface area contributed by atoms with Crippen LogP contribution in [0.1, 0.15) is 0 Å². The fraction of sp³-hybridized carbons (Fsp3) is 0.200. The second-order valence-electron chi connectivity index (χ2n) is 3.68. The van der Waals surface area contributed by atoms with Gasteiger partial charge in [0.1, 0.15) is 5.10 Å². The first-order chi connectivity index (χ1) is 9.06. The highest BCUT2D eigenvalue weighted by atomic mass is 35.5. The van der Waals surface area contributed by atoms with Crippen molar-refractivity contribution in [3.63, 3.8) is 0 Å². The Hall–Kier alpha value is -2.35. The number of hydrogen-bond donors (Lipinski definition) is 2. The molecule has 9 heteroatoms. The largest absolute Gasteiger partial charge is 0.349 e. The SMILES string of the molecule is O=C(Nc1cccc(Cl)c1)N1CCNC1=N[N+](=O)[O-]. The van der Waals surface area contributed by atoms with Crippen LogP contribution >= 0.6 is 11.6 Å². The minimum atomic E-state index is -0.854. The van der Waals surface area contributed by atoms with Crippen molar-refractivity contribution in [2.75, 3.05) is 18.4 Å². The van der Waals surface area contributed by atoms with Gasteiger partial charge >= 0.3 is 6.03 Å². The number of nitro groups is 1. The Labute approximate surface area is 113 Å². The molecule has 1 aromatic rings. The lowest BCUT2D eigenvalue weighted by Crippen LogP contribution is -2.39. The number of hydrogen-bond acceptors (Lipinski definition) is 3. The molecule has 1 heterocycles. The lowest BCUT2D eigenvalue weighted by atomic mass is 10.3. The fourth-order valence-corrected chi connectivity index (χ4v) is 1.79. The molecule has 0 atom stereocenters. The Kier molecular flexibility index (Phi) is 3.81. The van der Waals surface area contributed by atoms with Crippen molar-refractivity contribution >= 4 is 29.3 Å². The van der Waals surface area contributed by atoms with Gasteiger partial charge in [0.2, 0.25) is 0 Å². The average Bonchev–Trinajstić information content (AvgIpc) is 2.76. The summed E-state index contributed by atoms with van der Waals surface area (Å²) in [5, 5.41) is 18.3. The van der Waals surface area contributed by atoms with E-state index in [2.05, 4.69) is 15.7 Å². The van der Waals surface area contributed by atoms with E-state index in [0.717, 1.165) is 4.90 Å². The van der Waals surface area contributed by atoms with Crippen LogP contribution < -0.4 is 10.6 Å². The Bertz CT molecular complexity index is 548. The molecule has 19 heavy (non-hydrogen) atoms. The van der Waals surface area contributed by atoms with Crippen molar-refractivity contribution in [2.24, 2.45) is 5.10 Å². The maximum Gasteiger partial charge on any atom is 0.328 e. The van der Waals surface area contributed by atoms with Gasteiger partial charge in [0, 0.05) is 23.8 Å². The molecule has 2 N–H and O–H groups in total. The smallest absolute Gasteiger partial charge is 0.328 e. The van der Waals surface area contributed by atoms with Crippen LogP contribution in [-0.4, -0.2) is 35.0 Å². The van der Waals surface area contributed by atoms with E-state index in [-0.39, 0.29) is 5.96 Å². The summed E-state index contributed by atoms with van der Waals surface area (Å²) >= 11 is 5.80. The lowest BCUT2D eigenvalue weighted by Gasteiger charge is -2.14. The summed E-state index contributed by atoms with van der Waals surface area (Å²) in [4.78, 5) is 23.4. The molecule has 1 aliphatic rings.